The highest BCUT2D eigenvalue weighted by Crippen LogP contribution is 2.26. The minimum Gasteiger partial charge on any atom is -0.385 e. The van der Waals surface area contributed by atoms with E-state index in [-0.39, 0.29) is 11.9 Å². The molecule has 0 aliphatic carbocycles. The van der Waals surface area contributed by atoms with E-state index in [1.165, 1.54) is 24.3 Å². The number of carbonyl (C=O) groups is 2. The van der Waals surface area contributed by atoms with Gasteiger partial charge in [-0.25, -0.2) is 9.18 Å². The summed E-state index contributed by atoms with van der Waals surface area (Å²) >= 11 is 0. The number of benzene rings is 1. The van der Waals surface area contributed by atoms with Crippen molar-refractivity contribution < 1.29 is 23.5 Å². The molecule has 7 nitrogen and oxygen atoms in total. The molecule has 1 atom stereocenters. The summed E-state index contributed by atoms with van der Waals surface area (Å²) in [5.41, 5.74) is -0.189. The summed E-state index contributed by atoms with van der Waals surface area (Å²) < 4.78 is 23.2. The Bertz CT molecular complexity index is 611. The highest BCUT2D eigenvalue weighted by molar-refractivity contribution is 5.94. The number of likely N-dealkylation sites (tertiary alicyclic amines) is 1. The highest BCUT2D eigenvalue weighted by Gasteiger charge is 2.41. The van der Waals surface area contributed by atoms with E-state index in [1.54, 1.807) is 19.1 Å². The minimum atomic E-state index is -0.569. The van der Waals surface area contributed by atoms with Crippen LogP contribution in [0.15, 0.2) is 24.3 Å². The molecule has 1 aromatic rings. The Balaban J connectivity index is 2.02. The van der Waals surface area contributed by atoms with Gasteiger partial charge in [0, 0.05) is 46.0 Å². The van der Waals surface area contributed by atoms with Crippen molar-refractivity contribution >= 4 is 11.9 Å². The molecule has 0 bridgehead atoms. The molecule has 3 amide bonds. The average Bonchev–Trinajstić information content (AvgIpc) is 3.05. The van der Waals surface area contributed by atoms with E-state index >= 15 is 0 Å². The quantitative estimate of drug-likeness (QED) is 0.681. The molecule has 0 radical (unpaired) electrons. The first-order chi connectivity index (χ1) is 12.5. The predicted molar refractivity (Wildman–Crippen MR) is 94.6 cm³/mol. The Morgan fingerprint density at radius 3 is 2.54 bits per heavy atom. The van der Waals surface area contributed by atoms with Crippen LogP contribution in [0.4, 0.5) is 9.18 Å². The maximum Gasteiger partial charge on any atom is 0.317 e. The van der Waals surface area contributed by atoms with Crippen LogP contribution in [0.3, 0.4) is 0 Å². The molecule has 2 N–H and O–H groups in total. The number of hydrogen-bond acceptors (Lipinski definition) is 4. The van der Waals surface area contributed by atoms with Crippen LogP contribution < -0.4 is 10.6 Å². The lowest BCUT2D eigenvalue weighted by atomic mass is 9.94. The van der Waals surface area contributed by atoms with Gasteiger partial charge in [-0.3, -0.25) is 4.79 Å². The fourth-order valence-corrected chi connectivity index (χ4v) is 3.00. The highest BCUT2D eigenvalue weighted by atomic mass is 19.1. The van der Waals surface area contributed by atoms with Gasteiger partial charge in [0.2, 0.25) is 0 Å². The summed E-state index contributed by atoms with van der Waals surface area (Å²) in [7, 11) is 3.17. The standard InChI is InChI=1S/C18H26FN3O4/c1-25-11-8-18(21-16(23)14-3-5-15(19)6-4-14)7-10-22(13-18)17(24)20-9-12-26-2/h3-6H,7-13H2,1-2H3,(H,20,24)(H,21,23). The summed E-state index contributed by atoms with van der Waals surface area (Å²) in [6, 6.07) is 5.21. The second-order valence-corrected chi connectivity index (χ2v) is 6.38. The molecule has 144 valence electrons. The Hall–Kier alpha value is -2.19. The molecule has 0 spiro atoms. The smallest absolute Gasteiger partial charge is 0.317 e. The van der Waals surface area contributed by atoms with E-state index < -0.39 is 11.4 Å². The number of hydrogen-bond donors (Lipinski definition) is 2. The van der Waals surface area contributed by atoms with Crippen molar-refractivity contribution in [1.82, 2.24) is 15.5 Å². The molecule has 2 rings (SSSR count). The van der Waals surface area contributed by atoms with Crippen LogP contribution in [0.25, 0.3) is 0 Å². The number of nitrogens with one attached hydrogen (secondary N) is 2. The Labute approximate surface area is 152 Å². The first-order valence-corrected chi connectivity index (χ1v) is 8.58. The number of amides is 3. The van der Waals surface area contributed by atoms with Crippen molar-refractivity contribution in [2.45, 2.75) is 18.4 Å². The molecule has 1 aliphatic rings. The normalized spacial score (nSPS) is 19.4. The van der Waals surface area contributed by atoms with Crippen LogP contribution in [0, 0.1) is 5.82 Å². The number of urea groups is 1. The van der Waals surface area contributed by atoms with E-state index in [4.69, 9.17) is 9.47 Å². The van der Waals surface area contributed by atoms with Crippen molar-refractivity contribution in [1.29, 1.82) is 0 Å². The maximum absolute atomic E-state index is 13.1. The lowest BCUT2D eigenvalue weighted by Gasteiger charge is -2.30. The zero-order valence-corrected chi connectivity index (χ0v) is 15.2. The van der Waals surface area contributed by atoms with Gasteiger partial charge < -0.3 is 25.0 Å². The summed E-state index contributed by atoms with van der Waals surface area (Å²) in [6.07, 6.45) is 1.21. The molecule has 1 aliphatic heterocycles. The number of halogens is 1. The minimum absolute atomic E-state index is 0.183. The van der Waals surface area contributed by atoms with Gasteiger partial charge in [-0.15, -0.1) is 0 Å². The van der Waals surface area contributed by atoms with Gasteiger partial charge >= 0.3 is 6.03 Å². The third kappa shape index (κ3) is 5.40. The molecule has 1 fully saturated rings. The van der Waals surface area contributed by atoms with Crippen LogP contribution in [0.5, 0.6) is 0 Å². The topological polar surface area (TPSA) is 79.9 Å². The lowest BCUT2D eigenvalue weighted by molar-refractivity contribution is 0.0866. The zero-order chi connectivity index (χ0) is 19.0. The van der Waals surface area contributed by atoms with Crippen LogP contribution in [-0.2, 0) is 9.47 Å². The zero-order valence-electron chi connectivity index (χ0n) is 15.2. The molecule has 1 aromatic carbocycles. The number of carbonyl (C=O) groups excluding carboxylic acids is 2. The summed E-state index contributed by atoms with van der Waals surface area (Å²) in [4.78, 5) is 26.5. The van der Waals surface area contributed by atoms with Crippen molar-refractivity contribution in [2.75, 3.05) is 47.1 Å². The van der Waals surface area contributed by atoms with Gasteiger partial charge in [-0.05, 0) is 37.1 Å². The molecule has 0 saturated carbocycles. The molecule has 1 saturated heterocycles. The van der Waals surface area contributed by atoms with Crippen LogP contribution >= 0.6 is 0 Å². The Morgan fingerprint density at radius 2 is 1.88 bits per heavy atom. The average molecular weight is 367 g/mol. The van der Waals surface area contributed by atoms with Crippen LogP contribution in [0.2, 0.25) is 0 Å². The van der Waals surface area contributed by atoms with Crippen molar-refractivity contribution in [3.63, 3.8) is 0 Å². The van der Waals surface area contributed by atoms with Gasteiger partial charge in [0.15, 0.2) is 0 Å². The lowest BCUT2D eigenvalue weighted by Crippen LogP contribution is -2.52. The molecular formula is C18H26FN3O4. The first kappa shape index (κ1) is 20.1. The van der Waals surface area contributed by atoms with Crippen molar-refractivity contribution in [3.8, 4) is 0 Å². The Morgan fingerprint density at radius 1 is 1.19 bits per heavy atom. The number of ether oxygens (including phenoxy) is 2. The summed E-state index contributed by atoms with van der Waals surface area (Å²) in [6.45, 7) is 2.26. The largest absolute Gasteiger partial charge is 0.385 e. The van der Waals surface area contributed by atoms with E-state index in [0.29, 0.717) is 51.3 Å². The van der Waals surface area contributed by atoms with E-state index in [0.717, 1.165) is 0 Å². The maximum atomic E-state index is 13.1. The molecular weight excluding hydrogens is 341 g/mol. The van der Waals surface area contributed by atoms with Crippen molar-refractivity contribution in [2.24, 2.45) is 0 Å². The van der Waals surface area contributed by atoms with Gasteiger partial charge in [-0.1, -0.05) is 0 Å². The molecule has 1 heterocycles. The number of rotatable bonds is 8. The monoisotopic (exact) mass is 367 g/mol. The molecule has 26 heavy (non-hydrogen) atoms. The SMILES string of the molecule is COCCNC(=O)N1CCC(CCOC)(NC(=O)c2ccc(F)cc2)C1. The second kappa shape index (κ2) is 9.49. The third-order valence-electron chi connectivity index (χ3n) is 4.49. The number of methoxy groups -OCH3 is 2. The fraction of sp³-hybridized carbons (Fsp3) is 0.556. The molecule has 0 aromatic heterocycles. The van der Waals surface area contributed by atoms with Crippen molar-refractivity contribution in [3.05, 3.63) is 35.6 Å². The van der Waals surface area contributed by atoms with Gasteiger partial charge in [-0.2, -0.15) is 0 Å². The van der Waals surface area contributed by atoms with E-state index in [1.807, 2.05) is 0 Å². The molecule has 8 heteroatoms. The summed E-state index contributed by atoms with van der Waals surface area (Å²) in [5.74, 6) is -0.682. The van der Waals surface area contributed by atoms with E-state index in [9.17, 15) is 14.0 Å². The number of nitrogens with zero attached hydrogens (tertiary/aromatic N) is 1. The van der Waals surface area contributed by atoms with E-state index in [2.05, 4.69) is 10.6 Å². The Kier molecular flexibility index (Phi) is 7.35. The second-order valence-electron chi connectivity index (χ2n) is 6.38. The molecule has 1 unspecified atom stereocenters. The summed E-state index contributed by atoms with van der Waals surface area (Å²) in [5, 5.41) is 5.81. The van der Waals surface area contributed by atoms with Crippen LogP contribution in [-0.4, -0.2) is 69.4 Å². The predicted octanol–water partition coefficient (Wildman–Crippen LogP) is 1.39. The fourth-order valence-electron chi connectivity index (χ4n) is 3.00. The van der Waals surface area contributed by atoms with Crippen LogP contribution in [0.1, 0.15) is 23.2 Å². The van der Waals surface area contributed by atoms with Gasteiger partial charge in [0.05, 0.1) is 12.1 Å². The first-order valence-electron chi connectivity index (χ1n) is 8.58. The third-order valence-corrected chi connectivity index (χ3v) is 4.49. The van der Waals surface area contributed by atoms with Gasteiger partial charge in [0.25, 0.3) is 5.91 Å². The van der Waals surface area contributed by atoms with Gasteiger partial charge in [0.1, 0.15) is 5.82 Å².